The molecule has 0 aliphatic carbocycles. The van der Waals surface area contributed by atoms with Gasteiger partial charge in [0.15, 0.2) is 0 Å². The van der Waals surface area contributed by atoms with Gasteiger partial charge in [0, 0.05) is 31.9 Å². The van der Waals surface area contributed by atoms with E-state index >= 15 is 0 Å². The summed E-state index contributed by atoms with van der Waals surface area (Å²) in [4.78, 5) is 37.6. The minimum atomic E-state index is -0.506. The number of amides is 4. The molecule has 1 aliphatic rings. The fourth-order valence-electron chi connectivity index (χ4n) is 2.59. The van der Waals surface area contributed by atoms with Gasteiger partial charge in [0.2, 0.25) is 5.91 Å². The molecular formula is C16H18N4O3. The molecule has 1 saturated heterocycles. The highest BCUT2D eigenvalue weighted by Gasteiger charge is 2.30. The third kappa shape index (κ3) is 3.03. The normalized spacial score (nSPS) is 14.4. The van der Waals surface area contributed by atoms with Gasteiger partial charge >= 0.3 is 6.03 Å². The third-order valence-corrected chi connectivity index (χ3v) is 4.01. The molecular weight excluding hydrogens is 296 g/mol. The van der Waals surface area contributed by atoms with Crippen LogP contribution in [0.25, 0.3) is 10.9 Å². The van der Waals surface area contributed by atoms with Crippen molar-refractivity contribution in [3.05, 3.63) is 36.5 Å². The van der Waals surface area contributed by atoms with Crippen LogP contribution in [0.1, 0.15) is 0 Å². The second-order valence-corrected chi connectivity index (χ2v) is 5.52. The van der Waals surface area contributed by atoms with E-state index in [1.807, 2.05) is 36.5 Å². The number of fused-ring (bicyclic) bond motifs is 1. The fraction of sp³-hybridized carbons (Fsp3) is 0.312. The maximum absolute atomic E-state index is 12.2. The Bertz CT molecular complexity index is 752. The van der Waals surface area contributed by atoms with E-state index in [0.717, 1.165) is 15.8 Å². The number of hydrogen-bond acceptors (Lipinski definition) is 3. The van der Waals surface area contributed by atoms with E-state index in [1.54, 1.807) is 7.05 Å². The molecule has 2 heterocycles. The predicted molar refractivity (Wildman–Crippen MR) is 84.7 cm³/mol. The lowest BCUT2D eigenvalue weighted by atomic mass is 10.2. The van der Waals surface area contributed by atoms with E-state index < -0.39 is 6.03 Å². The molecule has 7 nitrogen and oxygen atoms in total. The highest BCUT2D eigenvalue weighted by Crippen LogP contribution is 2.14. The number of aromatic nitrogens is 1. The van der Waals surface area contributed by atoms with Crippen LogP contribution >= 0.6 is 0 Å². The predicted octanol–water partition coefficient (Wildman–Crippen LogP) is 0.651. The quantitative estimate of drug-likeness (QED) is 0.824. The molecule has 0 bridgehead atoms. The Balaban J connectivity index is 1.58. The summed E-state index contributed by atoms with van der Waals surface area (Å²) < 4.78 is 2.08. The summed E-state index contributed by atoms with van der Waals surface area (Å²) in [5.41, 5.74) is 1.11. The number of para-hydroxylation sites is 1. The maximum atomic E-state index is 12.2. The summed E-state index contributed by atoms with van der Waals surface area (Å²) in [6, 6.07) is 9.56. The Morgan fingerprint density at radius 3 is 2.78 bits per heavy atom. The number of nitrogens with one attached hydrogen (secondary N) is 1. The molecule has 3 rings (SSSR count). The molecule has 7 heteroatoms. The van der Waals surface area contributed by atoms with E-state index in [0.29, 0.717) is 13.1 Å². The Kier molecular flexibility index (Phi) is 4.01. The Morgan fingerprint density at radius 1 is 1.26 bits per heavy atom. The van der Waals surface area contributed by atoms with E-state index in [4.69, 9.17) is 0 Å². The van der Waals surface area contributed by atoms with Gasteiger partial charge < -0.3 is 14.8 Å². The van der Waals surface area contributed by atoms with Crippen molar-refractivity contribution in [2.75, 3.05) is 26.7 Å². The minimum absolute atomic E-state index is 0.0365. The van der Waals surface area contributed by atoms with E-state index in [2.05, 4.69) is 9.88 Å². The molecule has 0 radical (unpaired) electrons. The highest BCUT2D eigenvalue weighted by atomic mass is 16.2. The zero-order valence-corrected chi connectivity index (χ0v) is 12.9. The molecule has 1 fully saturated rings. The lowest BCUT2D eigenvalue weighted by Crippen LogP contribution is -2.42. The fourth-order valence-corrected chi connectivity index (χ4v) is 2.59. The molecule has 1 aromatic heterocycles. The lowest BCUT2D eigenvalue weighted by Gasteiger charge is -2.20. The summed E-state index contributed by atoms with van der Waals surface area (Å²) in [6.07, 6.45) is 1.99. The number of rotatable bonds is 5. The molecule has 120 valence electrons. The van der Waals surface area contributed by atoms with Gasteiger partial charge in [-0.1, -0.05) is 18.2 Å². The van der Waals surface area contributed by atoms with Crippen molar-refractivity contribution < 1.29 is 14.4 Å². The van der Waals surface area contributed by atoms with Crippen LogP contribution in [0.4, 0.5) is 4.79 Å². The van der Waals surface area contributed by atoms with Crippen molar-refractivity contribution >= 4 is 28.7 Å². The zero-order valence-electron chi connectivity index (χ0n) is 12.9. The van der Waals surface area contributed by atoms with Crippen LogP contribution in [0.15, 0.2) is 36.5 Å². The SMILES string of the molecule is CN(CCn1ccc2ccccc21)C(=O)CN1C(=O)CNC1=O. The maximum Gasteiger partial charge on any atom is 0.325 e. The molecule has 1 N–H and O–H groups in total. The number of benzene rings is 1. The molecule has 23 heavy (non-hydrogen) atoms. The average molecular weight is 314 g/mol. The average Bonchev–Trinajstić information content (AvgIpc) is 3.10. The molecule has 2 aromatic rings. The van der Waals surface area contributed by atoms with Gasteiger partial charge in [-0.25, -0.2) is 4.79 Å². The van der Waals surface area contributed by atoms with Gasteiger partial charge in [0.05, 0.1) is 6.54 Å². The van der Waals surface area contributed by atoms with Gasteiger partial charge in [-0.05, 0) is 17.5 Å². The van der Waals surface area contributed by atoms with Crippen LogP contribution in [-0.2, 0) is 16.1 Å². The van der Waals surface area contributed by atoms with Crippen molar-refractivity contribution in [2.45, 2.75) is 6.54 Å². The van der Waals surface area contributed by atoms with Crippen molar-refractivity contribution in [2.24, 2.45) is 0 Å². The second kappa shape index (κ2) is 6.12. The number of nitrogens with zero attached hydrogens (tertiary/aromatic N) is 3. The lowest BCUT2D eigenvalue weighted by molar-refractivity contribution is -0.135. The molecule has 0 unspecified atom stereocenters. The van der Waals surface area contributed by atoms with Gasteiger partial charge in [-0.15, -0.1) is 0 Å². The van der Waals surface area contributed by atoms with Crippen molar-refractivity contribution in [1.29, 1.82) is 0 Å². The van der Waals surface area contributed by atoms with Crippen LogP contribution in [0.5, 0.6) is 0 Å². The third-order valence-electron chi connectivity index (χ3n) is 4.01. The summed E-state index contributed by atoms with van der Waals surface area (Å²) in [7, 11) is 1.67. The first-order chi connectivity index (χ1) is 11.1. The van der Waals surface area contributed by atoms with Crippen LogP contribution in [-0.4, -0.2) is 58.9 Å². The van der Waals surface area contributed by atoms with Gasteiger partial charge in [-0.2, -0.15) is 0 Å². The van der Waals surface area contributed by atoms with Crippen LogP contribution in [0, 0.1) is 0 Å². The number of carbonyl (C=O) groups is 3. The first-order valence-electron chi connectivity index (χ1n) is 7.42. The number of urea groups is 1. The Hall–Kier alpha value is -2.83. The first kappa shape index (κ1) is 15.1. The molecule has 0 atom stereocenters. The number of likely N-dealkylation sites (N-methyl/N-ethyl adjacent to an activating group) is 1. The number of hydrogen-bond donors (Lipinski definition) is 1. The van der Waals surface area contributed by atoms with Crippen molar-refractivity contribution in [1.82, 2.24) is 19.7 Å². The molecule has 1 aliphatic heterocycles. The summed E-state index contributed by atoms with van der Waals surface area (Å²) in [6.45, 7) is 0.899. The monoisotopic (exact) mass is 314 g/mol. The number of carbonyl (C=O) groups excluding carboxylic acids is 3. The first-order valence-corrected chi connectivity index (χ1v) is 7.42. The highest BCUT2D eigenvalue weighted by molar-refractivity contribution is 6.04. The topological polar surface area (TPSA) is 74.7 Å². The second-order valence-electron chi connectivity index (χ2n) is 5.52. The molecule has 0 spiro atoms. The van der Waals surface area contributed by atoms with Crippen LogP contribution < -0.4 is 5.32 Å². The summed E-state index contributed by atoms with van der Waals surface area (Å²) in [5.74, 6) is -0.625. The summed E-state index contributed by atoms with van der Waals surface area (Å²) in [5, 5.41) is 3.55. The Morgan fingerprint density at radius 2 is 2.04 bits per heavy atom. The van der Waals surface area contributed by atoms with Crippen molar-refractivity contribution in [3.8, 4) is 0 Å². The largest absolute Gasteiger partial charge is 0.346 e. The standard InChI is InChI=1S/C16H18N4O3/c1-18(15(22)11-20-14(21)10-17-16(20)23)8-9-19-7-6-12-4-2-3-5-13(12)19/h2-7H,8-11H2,1H3,(H,17,23). The van der Waals surface area contributed by atoms with Crippen LogP contribution in [0.3, 0.4) is 0 Å². The zero-order chi connectivity index (χ0) is 16.4. The summed E-state index contributed by atoms with van der Waals surface area (Å²) >= 11 is 0. The minimum Gasteiger partial charge on any atom is -0.346 e. The molecule has 0 saturated carbocycles. The molecule has 1 aromatic carbocycles. The van der Waals surface area contributed by atoms with Crippen LogP contribution in [0.2, 0.25) is 0 Å². The molecule has 4 amide bonds. The number of imide groups is 1. The van der Waals surface area contributed by atoms with Gasteiger partial charge in [0.25, 0.3) is 5.91 Å². The van der Waals surface area contributed by atoms with E-state index in [9.17, 15) is 14.4 Å². The van der Waals surface area contributed by atoms with E-state index in [-0.39, 0.29) is 24.9 Å². The van der Waals surface area contributed by atoms with E-state index in [1.165, 1.54) is 4.90 Å². The van der Waals surface area contributed by atoms with Gasteiger partial charge in [-0.3, -0.25) is 14.5 Å². The Labute approximate surface area is 133 Å². The van der Waals surface area contributed by atoms with Gasteiger partial charge in [0.1, 0.15) is 6.54 Å². The van der Waals surface area contributed by atoms with Crippen molar-refractivity contribution in [3.63, 3.8) is 0 Å². The smallest absolute Gasteiger partial charge is 0.325 e.